The molecule has 2 rings (SSSR count). The molecule has 0 bridgehead atoms. The molecule has 29 heavy (non-hydrogen) atoms. The number of hydrogen-bond acceptors (Lipinski definition) is 3. The Labute approximate surface area is 190 Å². The molecule has 0 unspecified atom stereocenters. The summed E-state index contributed by atoms with van der Waals surface area (Å²) in [7, 11) is 1.76. The van der Waals surface area contributed by atoms with Crippen LogP contribution in [0.3, 0.4) is 0 Å². The number of fused-ring (bicyclic) bond motifs is 1. The molecule has 0 fully saturated rings. The second kappa shape index (κ2) is 12.6. The summed E-state index contributed by atoms with van der Waals surface area (Å²) < 4.78 is 5.20. The normalized spacial score (nSPS) is 11.7. The van der Waals surface area contributed by atoms with Crippen molar-refractivity contribution in [2.24, 2.45) is 4.99 Å². The van der Waals surface area contributed by atoms with E-state index in [4.69, 9.17) is 4.74 Å². The average molecular weight is 515 g/mol. The maximum absolute atomic E-state index is 11.6. The first-order valence-electron chi connectivity index (χ1n) is 9.85. The number of alkyl carbamates (subject to hydrolysis) is 1. The highest BCUT2D eigenvalue weighted by atomic mass is 127. The molecule has 1 aromatic heterocycles. The third-order valence-corrected chi connectivity index (χ3v) is 4.13. The number of aliphatic imine (C=N–C) groups is 1. The van der Waals surface area contributed by atoms with Gasteiger partial charge in [0.05, 0.1) is 0 Å². The van der Waals surface area contributed by atoms with E-state index < -0.39 is 5.60 Å². The maximum atomic E-state index is 11.6. The van der Waals surface area contributed by atoms with E-state index in [0.717, 1.165) is 38.3 Å². The summed E-state index contributed by atoms with van der Waals surface area (Å²) in [6, 6.07) is 8.37. The molecule has 0 atom stereocenters. The van der Waals surface area contributed by atoms with E-state index in [2.05, 4.69) is 50.3 Å². The molecule has 0 spiro atoms. The molecule has 4 N–H and O–H groups in total. The smallest absolute Gasteiger partial charge is 0.407 e. The van der Waals surface area contributed by atoms with Crippen molar-refractivity contribution in [2.75, 3.05) is 26.7 Å². The lowest BCUT2D eigenvalue weighted by Gasteiger charge is -2.19. The van der Waals surface area contributed by atoms with Crippen LogP contribution in [0.15, 0.2) is 35.5 Å². The topological polar surface area (TPSA) is 90.5 Å². The Balaban J connectivity index is 0.00000420. The van der Waals surface area contributed by atoms with Gasteiger partial charge in [0, 0.05) is 43.8 Å². The number of aromatic nitrogens is 1. The van der Waals surface area contributed by atoms with Gasteiger partial charge in [-0.1, -0.05) is 18.2 Å². The lowest BCUT2D eigenvalue weighted by atomic mass is 10.1. The number of nitrogens with one attached hydrogen (secondary N) is 4. The molecule has 1 amide bonds. The van der Waals surface area contributed by atoms with E-state index in [1.54, 1.807) is 7.05 Å². The van der Waals surface area contributed by atoms with E-state index in [9.17, 15) is 4.79 Å². The van der Waals surface area contributed by atoms with Crippen molar-refractivity contribution in [1.82, 2.24) is 20.9 Å². The molecule has 162 valence electrons. The van der Waals surface area contributed by atoms with Gasteiger partial charge in [-0.15, -0.1) is 24.0 Å². The number of carbonyl (C=O) groups is 1. The van der Waals surface area contributed by atoms with Gasteiger partial charge >= 0.3 is 6.09 Å². The SMILES string of the molecule is CN=C(NCCCNC(=O)OC(C)(C)C)NCCCc1c[nH]c2ccccc12.I. The van der Waals surface area contributed by atoms with E-state index in [1.165, 1.54) is 16.5 Å². The molecule has 8 heteroatoms. The lowest BCUT2D eigenvalue weighted by molar-refractivity contribution is 0.0527. The minimum atomic E-state index is -0.471. The van der Waals surface area contributed by atoms with Gasteiger partial charge in [-0.2, -0.15) is 0 Å². The highest BCUT2D eigenvalue weighted by molar-refractivity contribution is 14.0. The first-order chi connectivity index (χ1) is 13.4. The summed E-state index contributed by atoms with van der Waals surface area (Å²) in [5.74, 6) is 0.774. The number of carbonyl (C=O) groups excluding carboxylic acids is 1. The largest absolute Gasteiger partial charge is 0.444 e. The molecule has 0 saturated heterocycles. The van der Waals surface area contributed by atoms with Gasteiger partial charge in [-0.05, 0) is 51.7 Å². The van der Waals surface area contributed by atoms with Crippen LogP contribution in [0.5, 0.6) is 0 Å². The number of nitrogens with zero attached hydrogens (tertiary/aromatic N) is 1. The molecule has 0 aliphatic carbocycles. The molecule has 1 aromatic carbocycles. The maximum Gasteiger partial charge on any atom is 0.407 e. The third kappa shape index (κ3) is 9.38. The molecule has 0 aliphatic heterocycles. The van der Waals surface area contributed by atoms with Crippen LogP contribution in [-0.2, 0) is 11.2 Å². The van der Waals surface area contributed by atoms with Gasteiger partial charge < -0.3 is 25.7 Å². The molecular weight excluding hydrogens is 481 g/mol. The Hall–Kier alpha value is -1.97. The summed E-state index contributed by atoms with van der Waals surface area (Å²) in [4.78, 5) is 19.1. The van der Waals surface area contributed by atoms with Gasteiger partial charge in [-0.25, -0.2) is 4.79 Å². The van der Waals surface area contributed by atoms with Gasteiger partial charge in [0.2, 0.25) is 0 Å². The molecule has 0 saturated carbocycles. The Kier molecular flexibility index (Phi) is 10.9. The number of ether oxygens (including phenoxy) is 1. The zero-order valence-corrected chi connectivity index (χ0v) is 20.1. The highest BCUT2D eigenvalue weighted by Crippen LogP contribution is 2.18. The van der Waals surface area contributed by atoms with Crippen LogP contribution in [0, 0.1) is 0 Å². The van der Waals surface area contributed by atoms with Gasteiger partial charge in [0.25, 0.3) is 0 Å². The number of guanidine groups is 1. The van der Waals surface area contributed by atoms with E-state index in [1.807, 2.05) is 26.8 Å². The number of aromatic amines is 1. The molecular formula is C21H34IN5O2. The minimum Gasteiger partial charge on any atom is -0.444 e. The van der Waals surface area contributed by atoms with Crippen LogP contribution in [0.25, 0.3) is 10.9 Å². The fourth-order valence-corrected chi connectivity index (χ4v) is 2.84. The van der Waals surface area contributed by atoms with Crippen LogP contribution >= 0.6 is 24.0 Å². The fraction of sp³-hybridized carbons (Fsp3) is 0.524. The van der Waals surface area contributed by atoms with E-state index in [-0.39, 0.29) is 30.1 Å². The second-order valence-corrected chi connectivity index (χ2v) is 7.67. The fourth-order valence-electron chi connectivity index (χ4n) is 2.84. The number of rotatable bonds is 8. The molecule has 7 nitrogen and oxygen atoms in total. The quantitative estimate of drug-likeness (QED) is 0.186. The average Bonchev–Trinajstić information content (AvgIpc) is 3.05. The van der Waals surface area contributed by atoms with Crippen LogP contribution in [0.1, 0.15) is 39.2 Å². The van der Waals surface area contributed by atoms with E-state index >= 15 is 0 Å². The number of benzene rings is 1. The standard InChI is InChI=1S/C21H33N5O2.HI/c1-21(2,3)28-20(27)25-14-8-13-24-19(22-4)23-12-7-9-16-15-26-18-11-6-5-10-17(16)18;/h5-6,10-11,15,26H,7-9,12-14H2,1-4H3,(H,25,27)(H2,22,23,24);1H. The summed E-state index contributed by atoms with van der Waals surface area (Å²) in [6.07, 6.45) is 4.52. The van der Waals surface area contributed by atoms with Crippen molar-refractivity contribution in [2.45, 2.75) is 45.6 Å². The predicted octanol–water partition coefficient (Wildman–Crippen LogP) is 3.80. The zero-order chi connectivity index (χ0) is 20.4. The minimum absolute atomic E-state index is 0. The van der Waals surface area contributed by atoms with Crippen LogP contribution in [0.2, 0.25) is 0 Å². The summed E-state index contributed by atoms with van der Waals surface area (Å²) in [5.41, 5.74) is 2.05. The Morgan fingerprint density at radius 2 is 1.72 bits per heavy atom. The number of aryl methyl sites for hydroxylation is 1. The molecule has 2 aromatic rings. The lowest BCUT2D eigenvalue weighted by Crippen LogP contribution is -2.39. The number of halogens is 1. The summed E-state index contributed by atoms with van der Waals surface area (Å²) in [5, 5.41) is 10.6. The number of H-pyrrole nitrogens is 1. The summed E-state index contributed by atoms with van der Waals surface area (Å²) in [6.45, 7) is 7.67. The van der Waals surface area contributed by atoms with Crippen LogP contribution in [-0.4, -0.2) is 49.3 Å². The Bertz CT molecular complexity index is 783. The Morgan fingerprint density at radius 3 is 2.41 bits per heavy atom. The number of hydrogen-bond donors (Lipinski definition) is 4. The van der Waals surface area contributed by atoms with Gasteiger partial charge in [0.1, 0.15) is 5.60 Å². The molecule has 0 radical (unpaired) electrons. The van der Waals surface area contributed by atoms with Crippen LogP contribution in [0.4, 0.5) is 4.79 Å². The number of para-hydroxylation sites is 1. The molecule has 0 aliphatic rings. The third-order valence-electron chi connectivity index (χ3n) is 4.13. The monoisotopic (exact) mass is 515 g/mol. The zero-order valence-electron chi connectivity index (χ0n) is 17.8. The highest BCUT2D eigenvalue weighted by Gasteiger charge is 2.15. The van der Waals surface area contributed by atoms with Gasteiger partial charge in [0.15, 0.2) is 5.96 Å². The van der Waals surface area contributed by atoms with E-state index in [0.29, 0.717) is 6.54 Å². The first kappa shape index (κ1) is 25.1. The molecule has 1 heterocycles. The number of amides is 1. The van der Waals surface area contributed by atoms with Gasteiger partial charge in [-0.3, -0.25) is 4.99 Å². The first-order valence-corrected chi connectivity index (χ1v) is 9.85. The van der Waals surface area contributed by atoms with Crippen molar-refractivity contribution in [3.05, 3.63) is 36.0 Å². The summed E-state index contributed by atoms with van der Waals surface area (Å²) >= 11 is 0. The van der Waals surface area contributed by atoms with Crippen molar-refractivity contribution < 1.29 is 9.53 Å². The van der Waals surface area contributed by atoms with Crippen LogP contribution < -0.4 is 16.0 Å². The Morgan fingerprint density at radius 1 is 1.07 bits per heavy atom. The van der Waals surface area contributed by atoms with Crippen molar-refractivity contribution >= 4 is 46.9 Å². The van der Waals surface area contributed by atoms with Crippen molar-refractivity contribution in [3.63, 3.8) is 0 Å². The second-order valence-electron chi connectivity index (χ2n) is 7.67. The van der Waals surface area contributed by atoms with Crippen molar-refractivity contribution in [1.29, 1.82) is 0 Å². The predicted molar refractivity (Wildman–Crippen MR) is 130 cm³/mol. The van der Waals surface area contributed by atoms with Crippen molar-refractivity contribution in [3.8, 4) is 0 Å².